The third kappa shape index (κ3) is 3.63. The van der Waals surface area contributed by atoms with E-state index in [1.165, 1.54) is 5.56 Å². The van der Waals surface area contributed by atoms with E-state index in [0.29, 0.717) is 12.1 Å². The molecule has 25 heavy (non-hydrogen) atoms. The number of anilines is 1. The molecule has 0 spiro atoms. The quantitative estimate of drug-likeness (QED) is 0.768. The first-order chi connectivity index (χ1) is 12.0. The summed E-state index contributed by atoms with van der Waals surface area (Å²) >= 11 is 0. The molecule has 128 valence electrons. The van der Waals surface area contributed by atoms with Crippen molar-refractivity contribution in [1.29, 1.82) is 0 Å². The predicted octanol–water partition coefficient (Wildman–Crippen LogP) is 4.42. The molecule has 0 fully saturated rings. The zero-order valence-electron chi connectivity index (χ0n) is 15.1. The number of benzene rings is 2. The summed E-state index contributed by atoms with van der Waals surface area (Å²) in [5.41, 5.74) is 6.58. The molecule has 4 nitrogen and oxygen atoms in total. The average molecular weight is 333 g/mol. The minimum atomic E-state index is -0.0945. The summed E-state index contributed by atoms with van der Waals surface area (Å²) in [6.07, 6.45) is 0. The van der Waals surface area contributed by atoms with Crippen LogP contribution in [0.25, 0.3) is 0 Å². The normalized spacial score (nSPS) is 10.7. The van der Waals surface area contributed by atoms with E-state index in [4.69, 9.17) is 0 Å². The van der Waals surface area contributed by atoms with Crippen molar-refractivity contribution in [1.82, 2.24) is 9.78 Å². The number of hydrogen-bond donors (Lipinski definition) is 1. The second-order valence-corrected chi connectivity index (χ2v) is 6.46. The molecule has 0 aliphatic rings. The van der Waals surface area contributed by atoms with Gasteiger partial charge in [-0.3, -0.25) is 9.48 Å². The molecule has 0 saturated carbocycles. The van der Waals surface area contributed by atoms with Gasteiger partial charge in [-0.2, -0.15) is 5.10 Å². The molecule has 0 aliphatic carbocycles. The van der Waals surface area contributed by atoms with E-state index in [0.717, 1.165) is 28.2 Å². The summed E-state index contributed by atoms with van der Waals surface area (Å²) in [4.78, 5) is 12.7. The summed E-state index contributed by atoms with van der Waals surface area (Å²) in [6, 6.07) is 16.0. The van der Waals surface area contributed by atoms with Crippen LogP contribution >= 0.6 is 0 Å². The van der Waals surface area contributed by atoms with Gasteiger partial charge in [-0.25, -0.2) is 0 Å². The fourth-order valence-corrected chi connectivity index (χ4v) is 3.04. The fourth-order valence-electron chi connectivity index (χ4n) is 3.04. The largest absolute Gasteiger partial charge is 0.319 e. The molecule has 0 aliphatic heterocycles. The molecule has 1 N–H and O–H groups in total. The van der Waals surface area contributed by atoms with Gasteiger partial charge in [-0.15, -0.1) is 0 Å². The molecule has 1 amide bonds. The van der Waals surface area contributed by atoms with Gasteiger partial charge in [0.2, 0.25) is 0 Å². The maximum absolute atomic E-state index is 12.7. The number of nitrogens with one attached hydrogen (secondary N) is 1. The van der Waals surface area contributed by atoms with Gasteiger partial charge in [-0.05, 0) is 44.9 Å². The number of amides is 1. The highest BCUT2D eigenvalue weighted by atomic mass is 16.1. The summed E-state index contributed by atoms with van der Waals surface area (Å²) in [6.45, 7) is 8.58. The van der Waals surface area contributed by atoms with Crippen LogP contribution in [-0.2, 0) is 6.54 Å². The van der Waals surface area contributed by atoms with Crippen LogP contribution in [0.5, 0.6) is 0 Å². The highest BCUT2D eigenvalue weighted by Crippen LogP contribution is 2.22. The van der Waals surface area contributed by atoms with E-state index >= 15 is 0 Å². The van der Waals surface area contributed by atoms with Crippen molar-refractivity contribution >= 4 is 11.6 Å². The van der Waals surface area contributed by atoms with Crippen LogP contribution in [0.4, 0.5) is 5.69 Å². The van der Waals surface area contributed by atoms with Crippen molar-refractivity contribution in [2.24, 2.45) is 0 Å². The predicted molar refractivity (Wildman–Crippen MR) is 101 cm³/mol. The molecule has 1 heterocycles. The van der Waals surface area contributed by atoms with Gasteiger partial charge >= 0.3 is 0 Å². The van der Waals surface area contributed by atoms with E-state index in [9.17, 15) is 4.79 Å². The lowest BCUT2D eigenvalue weighted by molar-refractivity contribution is 0.102. The molecule has 3 aromatic rings. The Bertz CT molecular complexity index is 910. The lowest BCUT2D eigenvalue weighted by atomic mass is 10.1. The minimum absolute atomic E-state index is 0.0945. The zero-order chi connectivity index (χ0) is 18.0. The van der Waals surface area contributed by atoms with Crippen molar-refractivity contribution in [2.45, 2.75) is 34.2 Å². The van der Waals surface area contributed by atoms with Gasteiger partial charge in [0, 0.05) is 5.56 Å². The molecular weight excluding hydrogens is 310 g/mol. The van der Waals surface area contributed by atoms with Crippen molar-refractivity contribution in [3.05, 3.63) is 82.2 Å². The highest BCUT2D eigenvalue weighted by Gasteiger charge is 2.16. The second-order valence-electron chi connectivity index (χ2n) is 6.46. The maximum Gasteiger partial charge on any atom is 0.256 e. The molecule has 2 aromatic carbocycles. The Hall–Kier alpha value is -2.88. The lowest BCUT2D eigenvalue weighted by Crippen LogP contribution is -2.14. The number of hydrogen-bond acceptors (Lipinski definition) is 2. The van der Waals surface area contributed by atoms with Crippen LogP contribution in [0, 0.1) is 27.7 Å². The van der Waals surface area contributed by atoms with E-state index in [1.54, 1.807) is 0 Å². The first-order valence-electron chi connectivity index (χ1n) is 8.42. The molecule has 0 radical (unpaired) electrons. The third-order valence-electron chi connectivity index (χ3n) is 4.42. The summed E-state index contributed by atoms with van der Waals surface area (Å²) in [7, 11) is 0. The van der Waals surface area contributed by atoms with Crippen LogP contribution in [0.2, 0.25) is 0 Å². The average Bonchev–Trinajstić information content (AvgIpc) is 2.83. The van der Waals surface area contributed by atoms with Crippen molar-refractivity contribution < 1.29 is 4.79 Å². The third-order valence-corrected chi connectivity index (χ3v) is 4.42. The van der Waals surface area contributed by atoms with E-state index in [1.807, 2.05) is 68.8 Å². The Morgan fingerprint density at radius 3 is 2.44 bits per heavy atom. The molecule has 4 heteroatoms. The summed E-state index contributed by atoms with van der Waals surface area (Å²) < 4.78 is 1.93. The Kier molecular flexibility index (Phi) is 4.70. The molecular formula is C21H23N3O. The van der Waals surface area contributed by atoms with Gasteiger partial charge in [0.25, 0.3) is 5.91 Å². The smallest absolute Gasteiger partial charge is 0.256 e. The van der Waals surface area contributed by atoms with Gasteiger partial charge in [0.1, 0.15) is 0 Å². The number of carbonyl (C=O) groups is 1. The van der Waals surface area contributed by atoms with Gasteiger partial charge in [-0.1, -0.05) is 48.0 Å². The first kappa shape index (κ1) is 17.0. The summed E-state index contributed by atoms with van der Waals surface area (Å²) in [5.74, 6) is -0.0945. The SMILES string of the molecule is Cc1ccc(C(=O)Nc2c(C)nn(Cc3ccccc3)c2C)c(C)c1. The van der Waals surface area contributed by atoms with Crippen LogP contribution in [0.3, 0.4) is 0 Å². The van der Waals surface area contributed by atoms with Crippen LogP contribution < -0.4 is 5.32 Å². The molecule has 3 rings (SSSR count). The van der Waals surface area contributed by atoms with E-state index in [2.05, 4.69) is 22.5 Å². The number of aryl methyl sites for hydroxylation is 3. The van der Waals surface area contributed by atoms with Gasteiger partial charge < -0.3 is 5.32 Å². The molecule has 0 unspecified atom stereocenters. The van der Waals surface area contributed by atoms with E-state index in [-0.39, 0.29) is 5.91 Å². The van der Waals surface area contributed by atoms with Crippen LogP contribution in [-0.4, -0.2) is 15.7 Å². The van der Waals surface area contributed by atoms with Crippen molar-refractivity contribution in [3.63, 3.8) is 0 Å². The minimum Gasteiger partial charge on any atom is -0.319 e. The number of aromatic nitrogens is 2. The maximum atomic E-state index is 12.7. The molecule has 1 aromatic heterocycles. The van der Waals surface area contributed by atoms with Crippen molar-refractivity contribution in [2.75, 3.05) is 5.32 Å². The highest BCUT2D eigenvalue weighted by molar-refractivity contribution is 6.05. The van der Waals surface area contributed by atoms with Crippen LogP contribution in [0.15, 0.2) is 48.5 Å². The Labute approximate surface area is 148 Å². The molecule has 0 atom stereocenters. The molecule has 0 saturated heterocycles. The van der Waals surface area contributed by atoms with Gasteiger partial charge in [0.05, 0.1) is 23.6 Å². The van der Waals surface area contributed by atoms with Crippen molar-refractivity contribution in [3.8, 4) is 0 Å². The Morgan fingerprint density at radius 1 is 1.04 bits per heavy atom. The Balaban J connectivity index is 1.84. The van der Waals surface area contributed by atoms with Gasteiger partial charge in [0.15, 0.2) is 0 Å². The molecule has 0 bridgehead atoms. The standard InChI is InChI=1S/C21H23N3O/c1-14-10-11-19(15(2)12-14)21(25)22-20-16(3)23-24(17(20)4)13-18-8-6-5-7-9-18/h5-12H,13H2,1-4H3,(H,22,25). The van der Waals surface area contributed by atoms with E-state index < -0.39 is 0 Å². The van der Waals surface area contributed by atoms with Crippen LogP contribution in [0.1, 0.15) is 38.4 Å². The number of nitrogens with zero attached hydrogens (tertiary/aromatic N) is 2. The first-order valence-corrected chi connectivity index (χ1v) is 8.42. The number of rotatable bonds is 4. The lowest BCUT2D eigenvalue weighted by Gasteiger charge is -2.09. The Morgan fingerprint density at radius 2 is 1.76 bits per heavy atom. The zero-order valence-corrected chi connectivity index (χ0v) is 15.1. The topological polar surface area (TPSA) is 46.9 Å². The number of carbonyl (C=O) groups excluding carboxylic acids is 1. The fraction of sp³-hybridized carbons (Fsp3) is 0.238. The second kappa shape index (κ2) is 6.93. The monoisotopic (exact) mass is 333 g/mol. The summed E-state index contributed by atoms with van der Waals surface area (Å²) in [5, 5.41) is 7.63.